The van der Waals surface area contributed by atoms with Crippen LogP contribution in [0.3, 0.4) is 0 Å². The van der Waals surface area contributed by atoms with Gasteiger partial charge >= 0.3 is 0 Å². The van der Waals surface area contributed by atoms with Gasteiger partial charge in [0.1, 0.15) is 11.9 Å². The Morgan fingerprint density at radius 1 is 1.04 bits per heavy atom. The fourth-order valence-electron chi connectivity index (χ4n) is 2.98. The molecule has 0 saturated heterocycles. The summed E-state index contributed by atoms with van der Waals surface area (Å²) < 4.78 is 13.5. The number of halogens is 1. The van der Waals surface area contributed by atoms with Crippen molar-refractivity contribution in [1.29, 1.82) is 0 Å². The maximum absolute atomic E-state index is 13.5. The summed E-state index contributed by atoms with van der Waals surface area (Å²) in [6.45, 7) is 4.30. The van der Waals surface area contributed by atoms with Crippen molar-refractivity contribution in [1.82, 2.24) is 5.32 Å². The SMILES string of the molecule is CC(C)(CNC(=O)C(N)c1ccc2ccccc2c1)c1cccc(F)c1. The molecule has 0 spiro atoms. The Morgan fingerprint density at radius 2 is 1.77 bits per heavy atom. The van der Waals surface area contributed by atoms with E-state index in [-0.39, 0.29) is 11.7 Å². The topological polar surface area (TPSA) is 55.1 Å². The standard InChI is InChI=1S/C22H23FN2O/c1-22(2,18-8-5-9-19(23)13-18)14-25-21(26)20(24)17-11-10-15-6-3-4-7-16(15)12-17/h3-13,20H,14,24H2,1-2H3,(H,25,26). The third-order valence-corrected chi connectivity index (χ3v) is 4.73. The second-order valence-electron chi connectivity index (χ2n) is 7.20. The summed E-state index contributed by atoms with van der Waals surface area (Å²) in [6.07, 6.45) is 0. The van der Waals surface area contributed by atoms with Crippen LogP contribution in [-0.2, 0) is 10.2 Å². The largest absolute Gasteiger partial charge is 0.354 e. The molecule has 1 atom stereocenters. The van der Waals surface area contributed by atoms with Crippen LogP contribution in [0.1, 0.15) is 31.0 Å². The molecular weight excluding hydrogens is 327 g/mol. The number of nitrogens with one attached hydrogen (secondary N) is 1. The molecule has 1 unspecified atom stereocenters. The van der Waals surface area contributed by atoms with E-state index in [0.717, 1.165) is 21.9 Å². The zero-order valence-corrected chi connectivity index (χ0v) is 15.0. The summed E-state index contributed by atoms with van der Waals surface area (Å²) >= 11 is 0. The van der Waals surface area contributed by atoms with Crippen LogP contribution in [0.25, 0.3) is 10.8 Å². The molecule has 3 rings (SSSR count). The molecule has 0 bridgehead atoms. The van der Waals surface area contributed by atoms with Crippen LogP contribution in [0.5, 0.6) is 0 Å². The summed E-state index contributed by atoms with van der Waals surface area (Å²) in [5.74, 6) is -0.528. The van der Waals surface area contributed by atoms with E-state index in [4.69, 9.17) is 5.73 Å². The van der Waals surface area contributed by atoms with Crippen molar-refractivity contribution in [3.05, 3.63) is 83.7 Å². The Bertz CT molecular complexity index is 936. The van der Waals surface area contributed by atoms with Crippen molar-refractivity contribution in [2.24, 2.45) is 5.73 Å². The third-order valence-electron chi connectivity index (χ3n) is 4.73. The number of benzene rings is 3. The number of fused-ring (bicyclic) bond motifs is 1. The highest BCUT2D eigenvalue weighted by Crippen LogP contribution is 2.24. The van der Waals surface area contributed by atoms with Crippen molar-refractivity contribution in [3.8, 4) is 0 Å². The predicted molar refractivity (Wildman–Crippen MR) is 103 cm³/mol. The van der Waals surface area contributed by atoms with E-state index in [9.17, 15) is 9.18 Å². The lowest BCUT2D eigenvalue weighted by Gasteiger charge is -2.26. The monoisotopic (exact) mass is 350 g/mol. The van der Waals surface area contributed by atoms with Gasteiger partial charge in [0.25, 0.3) is 0 Å². The van der Waals surface area contributed by atoms with Gasteiger partial charge in [-0.3, -0.25) is 4.79 Å². The van der Waals surface area contributed by atoms with E-state index in [2.05, 4.69) is 5.32 Å². The first-order valence-electron chi connectivity index (χ1n) is 8.65. The van der Waals surface area contributed by atoms with Crippen LogP contribution in [0.4, 0.5) is 4.39 Å². The normalized spacial score (nSPS) is 12.8. The van der Waals surface area contributed by atoms with Gasteiger partial charge in [-0.25, -0.2) is 4.39 Å². The Balaban J connectivity index is 1.70. The Labute approximate surface area is 153 Å². The molecule has 3 aromatic carbocycles. The lowest BCUT2D eigenvalue weighted by molar-refractivity contribution is -0.122. The van der Waals surface area contributed by atoms with Gasteiger partial charge in [-0.15, -0.1) is 0 Å². The molecule has 0 aliphatic heterocycles. The minimum absolute atomic E-state index is 0.246. The van der Waals surface area contributed by atoms with Crippen molar-refractivity contribution in [2.45, 2.75) is 25.3 Å². The molecule has 0 aliphatic carbocycles. The second-order valence-corrected chi connectivity index (χ2v) is 7.20. The number of carbonyl (C=O) groups is 1. The van der Waals surface area contributed by atoms with Crippen molar-refractivity contribution < 1.29 is 9.18 Å². The summed E-state index contributed by atoms with van der Waals surface area (Å²) in [4.78, 5) is 12.5. The minimum Gasteiger partial charge on any atom is -0.354 e. The van der Waals surface area contributed by atoms with Crippen LogP contribution in [0.2, 0.25) is 0 Å². The van der Waals surface area contributed by atoms with Crippen LogP contribution >= 0.6 is 0 Å². The average molecular weight is 350 g/mol. The van der Waals surface area contributed by atoms with E-state index in [1.54, 1.807) is 6.07 Å². The molecule has 3 nitrogen and oxygen atoms in total. The number of carbonyl (C=O) groups excluding carboxylic acids is 1. The highest BCUT2D eigenvalue weighted by atomic mass is 19.1. The molecule has 0 fully saturated rings. The predicted octanol–water partition coefficient (Wildman–Crippen LogP) is 4.07. The molecule has 0 radical (unpaired) electrons. The summed E-state index contributed by atoms with van der Waals surface area (Å²) in [5.41, 5.74) is 7.35. The van der Waals surface area contributed by atoms with E-state index in [0.29, 0.717) is 6.54 Å². The van der Waals surface area contributed by atoms with E-state index in [1.165, 1.54) is 12.1 Å². The zero-order chi connectivity index (χ0) is 18.7. The number of nitrogens with two attached hydrogens (primary N) is 1. The molecule has 0 aliphatic rings. The maximum atomic E-state index is 13.5. The first kappa shape index (κ1) is 18.1. The molecule has 3 N–H and O–H groups in total. The van der Waals surface area contributed by atoms with Crippen LogP contribution in [0.15, 0.2) is 66.7 Å². The summed E-state index contributed by atoms with van der Waals surface area (Å²) in [5, 5.41) is 5.06. The highest BCUT2D eigenvalue weighted by molar-refractivity contribution is 5.87. The second kappa shape index (κ2) is 7.26. The van der Waals surface area contributed by atoms with Crippen molar-refractivity contribution in [3.63, 3.8) is 0 Å². The number of hydrogen-bond donors (Lipinski definition) is 2. The first-order chi connectivity index (χ1) is 12.4. The molecule has 1 amide bonds. The van der Waals surface area contributed by atoms with E-state index < -0.39 is 11.5 Å². The molecule has 3 aromatic rings. The van der Waals surface area contributed by atoms with Crippen molar-refractivity contribution in [2.75, 3.05) is 6.54 Å². The Morgan fingerprint density at radius 3 is 2.50 bits per heavy atom. The number of hydrogen-bond acceptors (Lipinski definition) is 2. The molecule has 0 heterocycles. The number of rotatable bonds is 5. The van der Waals surface area contributed by atoms with Gasteiger partial charge < -0.3 is 11.1 Å². The fourth-order valence-corrected chi connectivity index (χ4v) is 2.98. The van der Waals surface area contributed by atoms with Gasteiger partial charge in [-0.1, -0.05) is 62.4 Å². The first-order valence-corrected chi connectivity index (χ1v) is 8.65. The maximum Gasteiger partial charge on any atom is 0.241 e. The Kier molecular flexibility index (Phi) is 5.05. The van der Waals surface area contributed by atoms with Gasteiger partial charge in [-0.05, 0) is 40.1 Å². The van der Waals surface area contributed by atoms with Crippen LogP contribution in [-0.4, -0.2) is 12.5 Å². The van der Waals surface area contributed by atoms with Crippen LogP contribution < -0.4 is 11.1 Å². The van der Waals surface area contributed by atoms with E-state index >= 15 is 0 Å². The van der Waals surface area contributed by atoms with Gasteiger partial charge in [0.15, 0.2) is 0 Å². The average Bonchev–Trinajstić information content (AvgIpc) is 2.65. The van der Waals surface area contributed by atoms with E-state index in [1.807, 2.05) is 62.4 Å². The third kappa shape index (κ3) is 3.92. The molecule has 0 saturated carbocycles. The van der Waals surface area contributed by atoms with Gasteiger partial charge in [0, 0.05) is 12.0 Å². The Hall–Kier alpha value is -2.72. The minimum atomic E-state index is -0.747. The van der Waals surface area contributed by atoms with Gasteiger partial charge in [-0.2, -0.15) is 0 Å². The molecule has 4 heteroatoms. The molecule has 26 heavy (non-hydrogen) atoms. The lowest BCUT2D eigenvalue weighted by Crippen LogP contribution is -2.41. The summed E-state index contributed by atoms with van der Waals surface area (Å²) in [6, 6.07) is 19.4. The summed E-state index contributed by atoms with van der Waals surface area (Å²) in [7, 11) is 0. The molecular formula is C22H23FN2O. The van der Waals surface area contributed by atoms with Crippen molar-refractivity contribution >= 4 is 16.7 Å². The highest BCUT2D eigenvalue weighted by Gasteiger charge is 2.24. The molecule has 0 aromatic heterocycles. The lowest BCUT2D eigenvalue weighted by atomic mass is 9.84. The zero-order valence-electron chi connectivity index (χ0n) is 15.0. The van der Waals surface area contributed by atoms with Crippen LogP contribution in [0, 0.1) is 5.82 Å². The molecule has 134 valence electrons. The smallest absolute Gasteiger partial charge is 0.241 e. The fraction of sp³-hybridized carbons (Fsp3) is 0.227. The quantitative estimate of drug-likeness (QED) is 0.729. The number of amides is 1. The van der Waals surface area contributed by atoms with Gasteiger partial charge in [0.05, 0.1) is 0 Å². The van der Waals surface area contributed by atoms with Gasteiger partial charge in [0.2, 0.25) is 5.91 Å².